The van der Waals surface area contributed by atoms with Gasteiger partial charge in [0.25, 0.3) is 5.91 Å². The molecule has 3 N–H and O–H groups in total. The van der Waals surface area contributed by atoms with Gasteiger partial charge in [0.1, 0.15) is 11.2 Å². The quantitative estimate of drug-likeness (QED) is 0.628. The zero-order chi connectivity index (χ0) is 12.2. The van der Waals surface area contributed by atoms with Gasteiger partial charge in [0, 0.05) is 11.5 Å². The number of nitriles is 1. The molecule has 0 aromatic heterocycles. The Balaban J connectivity index is 1.82. The largest absolute Gasteiger partial charge is 0.333 e. The molecule has 2 atom stereocenters. The van der Waals surface area contributed by atoms with Crippen LogP contribution in [0.15, 0.2) is 22.9 Å². The third-order valence-electron chi connectivity index (χ3n) is 3.42. The van der Waals surface area contributed by atoms with Gasteiger partial charge in [-0.05, 0) is 20.3 Å². The van der Waals surface area contributed by atoms with E-state index in [4.69, 9.17) is 5.26 Å². The predicted octanol–water partition coefficient (Wildman–Crippen LogP) is 0.0952. The van der Waals surface area contributed by atoms with Crippen LogP contribution in [-0.2, 0) is 4.79 Å². The zero-order valence-corrected chi connectivity index (χ0v) is 9.79. The molecule has 88 valence electrons. The van der Waals surface area contributed by atoms with Crippen LogP contribution in [0.4, 0.5) is 0 Å². The van der Waals surface area contributed by atoms with E-state index in [9.17, 15) is 4.79 Å². The summed E-state index contributed by atoms with van der Waals surface area (Å²) in [7, 11) is 0. The molecule has 2 unspecified atom stereocenters. The summed E-state index contributed by atoms with van der Waals surface area (Å²) in [6.07, 6.45) is 3.23. The molecular formula is C12H14N4O. The van der Waals surface area contributed by atoms with Crippen molar-refractivity contribution in [2.24, 2.45) is 5.92 Å². The van der Waals surface area contributed by atoms with Crippen molar-refractivity contribution in [2.45, 2.75) is 31.8 Å². The predicted molar refractivity (Wildman–Crippen MR) is 61.1 cm³/mol. The first kappa shape index (κ1) is 10.4. The van der Waals surface area contributed by atoms with Crippen LogP contribution >= 0.6 is 0 Å². The minimum Gasteiger partial charge on any atom is -0.333 e. The number of carbonyl (C=O) groups excluding carboxylic acids is 1. The lowest BCUT2D eigenvalue weighted by Crippen LogP contribution is -2.45. The lowest BCUT2D eigenvalue weighted by atomic mass is 10.0. The van der Waals surface area contributed by atoms with Gasteiger partial charge in [-0.15, -0.1) is 0 Å². The van der Waals surface area contributed by atoms with Crippen molar-refractivity contribution in [3.63, 3.8) is 0 Å². The van der Waals surface area contributed by atoms with Crippen molar-refractivity contribution in [1.29, 1.82) is 5.26 Å². The summed E-state index contributed by atoms with van der Waals surface area (Å²) >= 11 is 0. The third kappa shape index (κ3) is 1.53. The summed E-state index contributed by atoms with van der Waals surface area (Å²) in [5.41, 5.74) is 8.21. The van der Waals surface area contributed by atoms with Gasteiger partial charge in [0.2, 0.25) is 0 Å². The van der Waals surface area contributed by atoms with E-state index in [-0.39, 0.29) is 11.9 Å². The Labute approximate surface area is 99.5 Å². The fraction of sp³-hybridized carbons (Fsp3) is 0.500. The Morgan fingerprint density at radius 2 is 2.41 bits per heavy atom. The Hall–Kier alpha value is -1.80. The van der Waals surface area contributed by atoms with Crippen LogP contribution in [0.5, 0.6) is 0 Å². The van der Waals surface area contributed by atoms with Crippen molar-refractivity contribution >= 4 is 5.91 Å². The average molecular weight is 230 g/mol. The molecule has 1 aliphatic heterocycles. The van der Waals surface area contributed by atoms with Gasteiger partial charge >= 0.3 is 0 Å². The zero-order valence-electron chi connectivity index (χ0n) is 9.79. The van der Waals surface area contributed by atoms with Crippen molar-refractivity contribution in [3.8, 4) is 6.07 Å². The molecule has 1 fully saturated rings. The Bertz CT molecular complexity index is 509. The number of amides is 1. The topological polar surface area (TPSA) is 77.0 Å². The molecule has 5 heteroatoms. The van der Waals surface area contributed by atoms with Crippen LogP contribution in [0, 0.1) is 17.2 Å². The summed E-state index contributed by atoms with van der Waals surface area (Å²) in [6, 6.07) is 2.30. The molecule has 3 aliphatic rings. The molecule has 3 rings (SSSR count). The van der Waals surface area contributed by atoms with Crippen LogP contribution in [0.3, 0.4) is 0 Å². The van der Waals surface area contributed by atoms with E-state index < -0.39 is 5.54 Å². The van der Waals surface area contributed by atoms with Gasteiger partial charge < -0.3 is 10.7 Å². The second kappa shape index (κ2) is 3.11. The molecular weight excluding hydrogens is 216 g/mol. The molecule has 0 bridgehead atoms. The fourth-order valence-corrected chi connectivity index (χ4v) is 2.39. The highest BCUT2D eigenvalue weighted by molar-refractivity contribution is 5.96. The van der Waals surface area contributed by atoms with Gasteiger partial charge in [-0.1, -0.05) is 11.6 Å². The van der Waals surface area contributed by atoms with Gasteiger partial charge in [-0.2, -0.15) is 5.26 Å². The number of nitrogens with one attached hydrogen (secondary N) is 3. The monoisotopic (exact) mass is 230 g/mol. The van der Waals surface area contributed by atoms with Crippen LogP contribution in [0.2, 0.25) is 0 Å². The summed E-state index contributed by atoms with van der Waals surface area (Å²) in [5, 5.41) is 11.6. The highest BCUT2D eigenvalue weighted by Gasteiger charge is 2.48. The summed E-state index contributed by atoms with van der Waals surface area (Å²) in [6.45, 7) is 3.36. The molecule has 1 heterocycles. The maximum atomic E-state index is 12.0. The first-order valence-electron chi connectivity index (χ1n) is 5.72. The molecule has 0 aromatic carbocycles. The lowest BCUT2D eigenvalue weighted by Gasteiger charge is -2.18. The van der Waals surface area contributed by atoms with E-state index in [0.29, 0.717) is 11.6 Å². The summed E-state index contributed by atoms with van der Waals surface area (Å²) in [4.78, 5) is 12.0. The van der Waals surface area contributed by atoms with E-state index in [2.05, 4.69) is 28.3 Å². The highest BCUT2D eigenvalue weighted by Crippen LogP contribution is 2.50. The second-order valence-corrected chi connectivity index (χ2v) is 5.30. The van der Waals surface area contributed by atoms with Gasteiger partial charge in [-0.3, -0.25) is 4.79 Å². The Morgan fingerprint density at radius 3 is 3.12 bits per heavy atom. The van der Waals surface area contributed by atoms with E-state index in [1.165, 1.54) is 5.57 Å². The SMILES string of the molecule is CC(C)(C#N)NC(=O)C1=C2C=C3CC3C2NN1. The van der Waals surface area contributed by atoms with Crippen molar-refractivity contribution in [1.82, 2.24) is 16.2 Å². The van der Waals surface area contributed by atoms with Crippen LogP contribution < -0.4 is 16.2 Å². The number of hydrazine groups is 1. The van der Waals surface area contributed by atoms with E-state index in [1.807, 2.05) is 0 Å². The number of fused-ring (bicyclic) bond motifs is 3. The second-order valence-electron chi connectivity index (χ2n) is 5.30. The van der Waals surface area contributed by atoms with E-state index in [1.54, 1.807) is 13.8 Å². The Morgan fingerprint density at radius 1 is 1.65 bits per heavy atom. The molecule has 1 saturated carbocycles. The molecule has 5 nitrogen and oxygen atoms in total. The normalized spacial score (nSPS) is 28.9. The molecule has 1 amide bonds. The Kier molecular flexibility index (Phi) is 1.90. The maximum Gasteiger partial charge on any atom is 0.270 e. The van der Waals surface area contributed by atoms with Gasteiger partial charge in [-0.25, -0.2) is 5.43 Å². The van der Waals surface area contributed by atoms with Crippen molar-refractivity contribution < 1.29 is 4.79 Å². The number of hydrogen-bond acceptors (Lipinski definition) is 4. The first-order chi connectivity index (χ1) is 8.02. The maximum absolute atomic E-state index is 12.0. The first-order valence-corrected chi connectivity index (χ1v) is 5.72. The molecule has 0 saturated heterocycles. The van der Waals surface area contributed by atoms with Crippen LogP contribution in [-0.4, -0.2) is 17.5 Å². The fourth-order valence-electron chi connectivity index (χ4n) is 2.39. The van der Waals surface area contributed by atoms with Gasteiger partial charge in [0.05, 0.1) is 12.1 Å². The van der Waals surface area contributed by atoms with Crippen molar-refractivity contribution in [3.05, 3.63) is 22.9 Å². The number of hydrogen-bond donors (Lipinski definition) is 3. The minimum atomic E-state index is -0.848. The molecule has 2 aliphatic carbocycles. The highest BCUT2D eigenvalue weighted by atomic mass is 16.2. The number of rotatable bonds is 2. The van der Waals surface area contributed by atoms with E-state index in [0.717, 1.165) is 12.0 Å². The summed E-state index contributed by atoms with van der Waals surface area (Å²) in [5.74, 6) is 0.353. The molecule has 17 heavy (non-hydrogen) atoms. The number of carbonyl (C=O) groups is 1. The molecule has 0 spiro atoms. The lowest BCUT2D eigenvalue weighted by molar-refractivity contribution is -0.118. The van der Waals surface area contributed by atoms with Crippen LogP contribution in [0.25, 0.3) is 0 Å². The molecule has 0 radical (unpaired) electrons. The van der Waals surface area contributed by atoms with E-state index >= 15 is 0 Å². The minimum absolute atomic E-state index is 0.222. The summed E-state index contributed by atoms with van der Waals surface area (Å²) < 4.78 is 0. The van der Waals surface area contributed by atoms with Crippen molar-refractivity contribution in [2.75, 3.05) is 0 Å². The third-order valence-corrected chi connectivity index (χ3v) is 3.42. The smallest absolute Gasteiger partial charge is 0.270 e. The average Bonchev–Trinajstić information content (AvgIpc) is 2.75. The number of nitrogens with zero attached hydrogens (tertiary/aromatic N) is 1. The van der Waals surface area contributed by atoms with Crippen LogP contribution in [0.1, 0.15) is 20.3 Å². The standard InChI is InChI=1S/C12H14N4O/c1-12(2,5-13)14-11(17)10-8-4-6-3-7(6)9(8)15-16-10/h4,7,9,15-16H,3H2,1-2H3,(H,14,17). The van der Waals surface area contributed by atoms with Gasteiger partial charge in [0.15, 0.2) is 0 Å². The molecule has 0 aromatic rings.